The van der Waals surface area contributed by atoms with Gasteiger partial charge in [-0.1, -0.05) is 0 Å². The lowest BCUT2D eigenvalue weighted by Crippen LogP contribution is -2.50. The molecule has 1 heterocycles. The first-order chi connectivity index (χ1) is 8.80. The van der Waals surface area contributed by atoms with Crippen molar-refractivity contribution in [2.75, 3.05) is 6.61 Å². The van der Waals surface area contributed by atoms with E-state index in [0.29, 0.717) is 11.5 Å². The largest absolute Gasteiger partial charge is 0.619 e. The van der Waals surface area contributed by atoms with Crippen molar-refractivity contribution in [1.82, 2.24) is 10.6 Å². The summed E-state index contributed by atoms with van der Waals surface area (Å²) < 4.78 is 0.733. The summed E-state index contributed by atoms with van der Waals surface area (Å²) in [6.07, 6.45) is 3.48. The first-order valence-electron chi connectivity index (χ1n) is 6.17. The van der Waals surface area contributed by atoms with Gasteiger partial charge < -0.3 is 20.9 Å². The van der Waals surface area contributed by atoms with Crippen LogP contribution in [-0.2, 0) is 6.42 Å². The van der Waals surface area contributed by atoms with E-state index in [-0.39, 0.29) is 18.2 Å². The Balaban J connectivity index is 2.54. The van der Waals surface area contributed by atoms with Crippen LogP contribution in [-0.4, -0.2) is 28.4 Å². The first-order valence-corrected chi connectivity index (χ1v) is 6.58. The summed E-state index contributed by atoms with van der Waals surface area (Å²) in [5.74, 6) is 0. The summed E-state index contributed by atoms with van der Waals surface area (Å²) in [6, 6.07) is 3.29. The van der Waals surface area contributed by atoms with Gasteiger partial charge in [-0.2, -0.15) is 4.73 Å². The van der Waals surface area contributed by atoms with Crippen LogP contribution in [0.2, 0.25) is 0 Å². The van der Waals surface area contributed by atoms with E-state index in [0.717, 1.165) is 10.3 Å². The van der Waals surface area contributed by atoms with Crippen molar-refractivity contribution >= 4 is 17.3 Å². The predicted octanol–water partition coefficient (Wildman–Crippen LogP) is 0.486. The average Bonchev–Trinajstić information content (AvgIpc) is 2.28. The fraction of sp³-hybridized carbons (Fsp3) is 0.538. The van der Waals surface area contributed by atoms with Gasteiger partial charge in [0.25, 0.3) is 0 Å². The molecule has 19 heavy (non-hydrogen) atoms. The molecule has 106 valence electrons. The fourth-order valence-electron chi connectivity index (χ4n) is 1.59. The predicted molar refractivity (Wildman–Crippen MR) is 78.6 cm³/mol. The van der Waals surface area contributed by atoms with Gasteiger partial charge in [-0.05, 0) is 45.0 Å². The van der Waals surface area contributed by atoms with Crippen molar-refractivity contribution in [2.45, 2.75) is 38.8 Å². The zero-order chi connectivity index (χ0) is 14.5. The third kappa shape index (κ3) is 6.35. The summed E-state index contributed by atoms with van der Waals surface area (Å²) in [7, 11) is 0. The van der Waals surface area contributed by atoms with Crippen LogP contribution in [0.25, 0.3) is 0 Å². The van der Waals surface area contributed by atoms with Gasteiger partial charge in [-0.25, -0.2) is 0 Å². The van der Waals surface area contributed by atoms with E-state index in [4.69, 9.17) is 12.2 Å². The molecule has 0 radical (unpaired) electrons. The second-order valence-corrected chi connectivity index (χ2v) is 5.91. The Kier molecular flexibility index (Phi) is 5.50. The van der Waals surface area contributed by atoms with Crippen molar-refractivity contribution < 1.29 is 9.84 Å². The zero-order valence-electron chi connectivity index (χ0n) is 11.5. The van der Waals surface area contributed by atoms with E-state index < -0.39 is 0 Å². The van der Waals surface area contributed by atoms with Gasteiger partial charge in [0.2, 0.25) is 0 Å². The number of aromatic nitrogens is 1. The van der Waals surface area contributed by atoms with Crippen molar-refractivity contribution in [3.63, 3.8) is 0 Å². The van der Waals surface area contributed by atoms with Crippen LogP contribution in [0, 0.1) is 5.21 Å². The van der Waals surface area contributed by atoms with Gasteiger partial charge in [-0.3, -0.25) is 0 Å². The summed E-state index contributed by atoms with van der Waals surface area (Å²) in [5, 5.41) is 27.0. The van der Waals surface area contributed by atoms with Crippen LogP contribution in [0.15, 0.2) is 24.5 Å². The minimum atomic E-state index is -0.176. The monoisotopic (exact) mass is 283 g/mol. The van der Waals surface area contributed by atoms with Gasteiger partial charge in [0, 0.05) is 17.7 Å². The van der Waals surface area contributed by atoms with Gasteiger partial charge in [-0.15, -0.1) is 0 Å². The SMILES string of the molecule is CC(C)(C)NC(=S)N[C@@H](CO)Cc1cc[n+]([O-])cc1. The van der Waals surface area contributed by atoms with E-state index in [1.807, 2.05) is 20.8 Å². The third-order valence-electron chi connectivity index (χ3n) is 2.40. The lowest BCUT2D eigenvalue weighted by molar-refractivity contribution is -0.605. The lowest BCUT2D eigenvalue weighted by Gasteiger charge is -2.26. The summed E-state index contributed by atoms with van der Waals surface area (Å²) >= 11 is 5.19. The van der Waals surface area contributed by atoms with Crippen molar-refractivity contribution in [2.24, 2.45) is 0 Å². The third-order valence-corrected chi connectivity index (χ3v) is 2.62. The van der Waals surface area contributed by atoms with Crippen LogP contribution in [0.5, 0.6) is 0 Å². The average molecular weight is 283 g/mol. The smallest absolute Gasteiger partial charge is 0.180 e. The molecule has 0 aromatic carbocycles. The Bertz CT molecular complexity index is 415. The molecule has 0 fully saturated rings. The second-order valence-electron chi connectivity index (χ2n) is 5.50. The van der Waals surface area contributed by atoms with E-state index in [2.05, 4.69) is 10.6 Å². The molecule has 1 atom stereocenters. The quantitative estimate of drug-likeness (QED) is 0.426. The highest BCUT2D eigenvalue weighted by Crippen LogP contribution is 2.02. The number of hydrogen-bond donors (Lipinski definition) is 3. The number of aliphatic hydroxyl groups is 1. The van der Waals surface area contributed by atoms with Gasteiger partial charge in [0.05, 0.1) is 12.6 Å². The van der Waals surface area contributed by atoms with Crippen molar-refractivity contribution in [1.29, 1.82) is 0 Å². The Hall–Kier alpha value is -1.40. The summed E-state index contributed by atoms with van der Waals surface area (Å²) in [6.45, 7) is 6.01. The normalized spacial score (nSPS) is 12.8. The standard InChI is InChI=1S/C13H21N3O2S/c1-13(2,3)15-12(19)14-11(9-17)8-10-4-6-16(18)7-5-10/h4-7,11,17H,8-9H2,1-3H3,(H2,14,15,19)/t11-/m1/s1. The second kappa shape index (κ2) is 6.68. The molecule has 0 aliphatic rings. The number of hydrogen-bond acceptors (Lipinski definition) is 3. The lowest BCUT2D eigenvalue weighted by atomic mass is 10.1. The highest BCUT2D eigenvalue weighted by Gasteiger charge is 2.15. The maximum absolute atomic E-state index is 10.9. The number of rotatable bonds is 4. The molecule has 0 aliphatic carbocycles. The van der Waals surface area contributed by atoms with E-state index in [1.165, 1.54) is 12.4 Å². The maximum Gasteiger partial charge on any atom is 0.180 e. The minimum absolute atomic E-state index is 0.0295. The number of nitrogens with zero attached hydrogens (tertiary/aromatic N) is 1. The Labute approximate surface area is 119 Å². The van der Waals surface area contributed by atoms with Gasteiger partial charge >= 0.3 is 0 Å². The molecule has 0 amide bonds. The molecule has 6 heteroatoms. The Morgan fingerprint density at radius 3 is 2.47 bits per heavy atom. The molecule has 0 saturated carbocycles. The number of pyridine rings is 1. The Morgan fingerprint density at radius 2 is 2.00 bits per heavy atom. The molecule has 0 unspecified atom stereocenters. The molecule has 0 bridgehead atoms. The summed E-state index contributed by atoms with van der Waals surface area (Å²) in [5.41, 5.74) is 0.850. The molecular weight excluding hydrogens is 262 g/mol. The number of aliphatic hydroxyl groups excluding tert-OH is 1. The van der Waals surface area contributed by atoms with Crippen LogP contribution in [0.4, 0.5) is 0 Å². The molecule has 1 rings (SSSR count). The summed E-state index contributed by atoms with van der Waals surface area (Å²) in [4.78, 5) is 0. The van der Waals surface area contributed by atoms with Crippen LogP contribution < -0.4 is 15.4 Å². The van der Waals surface area contributed by atoms with Gasteiger partial charge in [0.1, 0.15) is 0 Å². The molecule has 1 aromatic heterocycles. The topological polar surface area (TPSA) is 71.2 Å². The van der Waals surface area contributed by atoms with Crippen LogP contribution in [0.1, 0.15) is 26.3 Å². The molecular formula is C13H21N3O2S. The highest BCUT2D eigenvalue weighted by molar-refractivity contribution is 7.80. The van der Waals surface area contributed by atoms with Crippen LogP contribution in [0.3, 0.4) is 0 Å². The number of nitrogens with one attached hydrogen (secondary N) is 2. The highest BCUT2D eigenvalue weighted by atomic mass is 32.1. The molecule has 1 aromatic rings. The van der Waals surface area contributed by atoms with Crippen LogP contribution >= 0.6 is 12.2 Å². The molecule has 0 spiro atoms. The van der Waals surface area contributed by atoms with E-state index in [9.17, 15) is 10.3 Å². The van der Waals surface area contributed by atoms with Crippen molar-refractivity contribution in [3.8, 4) is 0 Å². The van der Waals surface area contributed by atoms with Gasteiger partial charge in [0.15, 0.2) is 17.5 Å². The number of thiocarbonyl (C=S) groups is 1. The molecule has 3 N–H and O–H groups in total. The fourth-order valence-corrected chi connectivity index (χ4v) is 2.06. The zero-order valence-corrected chi connectivity index (χ0v) is 12.3. The maximum atomic E-state index is 10.9. The minimum Gasteiger partial charge on any atom is -0.619 e. The molecule has 5 nitrogen and oxygen atoms in total. The van der Waals surface area contributed by atoms with Crippen molar-refractivity contribution in [3.05, 3.63) is 35.3 Å². The van der Waals surface area contributed by atoms with E-state index >= 15 is 0 Å². The molecule has 0 aliphatic heterocycles. The van der Waals surface area contributed by atoms with E-state index in [1.54, 1.807) is 12.1 Å². The molecule has 0 saturated heterocycles. The first kappa shape index (κ1) is 15.7. The Morgan fingerprint density at radius 1 is 1.42 bits per heavy atom.